The van der Waals surface area contributed by atoms with Gasteiger partial charge in [0.15, 0.2) is 0 Å². The number of carbonyl (C=O) groups is 1. The minimum atomic E-state index is -3.25. The molecule has 0 saturated heterocycles. The molecule has 0 unspecified atom stereocenters. The van der Waals surface area contributed by atoms with E-state index in [9.17, 15) is 13.2 Å². The van der Waals surface area contributed by atoms with E-state index in [1.54, 1.807) is 4.31 Å². The van der Waals surface area contributed by atoms with Gasteiger partial charge in [0, 0.05) is 25.6 Å². The van der Waals surface area contributed by atoms with E-state index in [1.165, 1.54) is 19.1 Å². The fraction of sp³-hybridized carbons (Fsp3) is 0.933. The lowest BCUT2D eigenvalue weighted by molar-refractivity contribution is -0.121. The van der Waals surface area contributed by atoms with Gasteiger partial charge in [-0.15, -0.1) is 0 Å². The van der Waals surface area contributed by atoms with Gasteiger partial charge < -0.3 is 5.32 Å². The van der Waals surface area contributed by atoms with Gasteiger partial charge in [0.05, 0.1) is 6.26 Å². The maximum absolute atomic E-state index is 12.0. The first-order valence-electron chi connectivity index (χ1n) is 8.18. The molecule has 0 radical (unpaired) electrons. The fourth-order valence-electron chi connectivity index (χ4n) is 2.87. The highest BCUT2D eigenvalue weighted by atomic mass is 32.2. The van der Waals surface area contributed by atoms with E-state index in [4.69, 9.17) is 0 Å². The van der Waals surface area contributed by atoms with Gasteiger partial charge >= 0.3 is 0 Å². The van der Waals surface area contributed by atoms with Crippen LogP contribution in [0.15, 0.2) is 0 Å². The normalized spacial score (nSPS) is 17.7. The largest absolute Gasteiger partial charge is 0.356 e. The first kappa shape index (κ1) is 18.4. The molecule has 21 heavy (non-hydrogen) atoms. The number of hydrogen-bond donors (Lipinski definition) is 1. The van der Waals surface area contributed by atoms with Gasteiger partial charge in [-0.3, -0.25) is 4.79 Å². The van der Waals surface area contributed by atoms with Crippen molar-refractivity contribution < 1.29 is 13.2 Å². The molecule has 0 aromatic carbocycles. The summed E-state index contributed by atoms with van der Waals surface area (Å²) >= 11 is 0. The Labute approximate surface area is 129 Å². The monoisotopic (exact) mass is 318 g/mol. The van der Waals surface area contributed by atoms with Crippen molar-refractivity contribution in [2.45, 2.75) is 70.8 Å². The molecule has 1 aliphatic rings. The van der Waals surface area contributed by atoms with Gasteiger partial charge in [-0.25, -0.2) is 8.42 Å². The molecule has 0 heterocycles. The number of hydrogen-bond acceptors (Lipinski definition) is 3. The van der Waals surface area contributed by atoms with Crippen LogP contribution in [0.3, 0.4) is 0 Å². The molecule has 0 aromatic heterocycles. The van der Waals surface area contributed by atoms with E-state index in [2.05, 4.69) is 12.2 Å². The summed E-state index contributed by atoms with van der Waals surface area (Å²) in [6.45, 7) is 3.06. The van der Waals surface area contributed by atoms with Crippen LogP contribution >= 0.6 is 0 Å². The van der Waals surface area contributed by atoms with Crippen molar-refractivity contribution in [3.05, 3.63) is 0 Å². The zero-order valence-corrected chi connectivity index (χ0v) is 14.3. The molecule has 124 valence electrons. The molecule has 1 fully saturated rings. The summed E-state index contributed by atoms with van der Waals surface area (Å²) in [4.78, 5) is 11.8. The average Bonchev–Trinajstić information content (AvgIpc) is 2.67. The second-order valence-electron chi connectivity index (χ2n) is 5.97. The number of nitrogens with one attached hydrogen (secondary N) is 1. The predicted molar refractivity (Wildman–Crippen MR) is 85.6 cm³/mol. The average molecular weight is 318 g/mol. The van der Waals surface area contributed by atoms with Gasteiger partial charge in [-0.1, -0.05) is 39.0 Å². The molecule has 1 aliphatic carbocycles. The number of rotatable bonds is 8. The summed E-state index contributed by atoms with van der Waals surface area (Å²) in [6.07, 6.45) is 9.90. The van der Waals surface area contributed by atoms with Crippen molar-refractivity contribution in [3.8, 4) is 0 Å². The standard InChI is InChI=1S/C15H30N2O3S/c1-3-4-12-16-15(18)11-13-17(21(2,19)20)14-9-7-5-6-8-10-14/h14H,3-13H2,1-2H3,(H,16,18). The Bertz CT molecular complexity index is 401. The van der Waals surface area contributed by atoms with Gasteiger partial charge in [0.1, 0.15) is 0 Å². The van der Waals surface area contributed by atoms with Crippen molar-refractivity contribution in [2.24, 2.45) is 0 Å². The highest BCUT2D eigenvalue weighted by Crippen LogP contribution is 2.23. The summed E-state index contributed by atoms with van der Waals surface area (Å²) in [5.41, 5.74) is 0. The summed E-state index contributed by atoms with van der Waals surface area (Å²) in [7, 11) is -3.25. The Hall–Kier alpha value is -0.620. The molecule has 0 aliphatic heterocycles. The van der Waals surface area contributed by atoms with Crippen LogP contribution in [0.25, 0.3) is 0 Å². The molecule has 6 heteroatoms. The molecule has 0 aromatic rings. The first-order valence-corrected chi connectivity index (χ1v) is 10.0. The molecule has 1 saturated carbocycles. The predicted octanol–water partition coefficient (Wildman–Crippen LogP) is 2.28. The van der Waals surface area contributed by atoms with Gasteiger partial charge in [-0.05, 0) is 19.3 Å². The second kappa shape index (κ2) is 9.41. The summed E-state index contributed by atoms with van der Waals surface area (Å²) in [5, 5.41) is 2.85. The van der Waals surface area contributed by atoms with Gasteiger partial charge in [0.25, 0.3) is 0 Å². The number of unbranched alkanes of at least 4 members (excludes halogenated alkanes) is 1. The van der Waals surface area contributed by atoms with Crippen molar-refractivity contribution in [1.82, 2.24) is 9.62 Å². The van der Waals surface area contributed by atoms with Crippen molar-refractivity contribution in [3.63, 3.8) is 0 Å². The minimum absolute atomic E-state index is 0.0503. The van der Waals surface area contributed by atoms with Gasteiger partial charge in [0.2, 0.25) is 15.9 Å². The minimum Gasteiger partial charge on any atom is -0.356 e. The van der Waals surface area contributed by atoms with Crippen LogP contribution in [0.2, 0.25) is 0 Å². The molecule has 1 amide bonds. The zero-order valence-electron chi connectivity index (χ0n) is 13.4. The fourth-order valence-corrected chi connectivity index (χ4v) is 4.05. The number of sulfonamides is 1. The van der Waals surface area contributed by atoms with Crippen LogP contribution in [-0.2, 0) is 14.8 Å². The van der Waals surface area contributed by atoms with Crippen LogP contribution < -0.4 is 5.32 Å². The van der Waals surface area contributed by atoms with E-state index in [-0.39, 0.29) is 18.4 Å². The van der Waals surface area contributed by atoms with Crippen molar-refractivity contribution in [1.29, 1.82) is 0 Å². The number of nitrogens with zero attached hydrogens (tertiary/aromatic N) is 1. The highest BCUT2D eigenvalue weighted by Gasteiger charge is 2.27. The lowest BCUT2D eigenvalue weighted by atomic mass is 10.1. The lowest BCUT2D eigenvalue weighted by Crippen LogP contribution is -2.41. The maximum Gasteiger partial charge on any atom is 0.221 e. The smallest absolute Gasteiger partial charge is 0.221 e. The summed E-state index contributed by atoms with van der Waals surface area (Å²) in [6, 6.07) is 0.0749. The molecule has 0 atom stereocenters. The lowest BCUT2D eigenvalue weighted by Gasteiger charge is -2.28. The van der Waals surface area contributed by atoms with E-state index < -0.39 is 10.0 Å². The third-order valence-corrected chi connectivity index (χ3v) is 5.40. The van der Waals surface area contributed by atoms with E-state index >= 15 is 0 Å². The van der Waals surface area contributed by atoms with Crippen LogP contribution in [0.4, 0.5) is 0 Å². The Kier molecular flexibility index (Phi) is 8.26. The van der Waals surface area contributed by atoms with E-state index in [0.29, 0.717) is 13.1 Å². The van der Waals surface area contributed by atoms with Crippen LogP contribution in [0, 0.1) is 0 Å². The summed E-state index contributed by atoms with van der Waals surface area (Å²) < 4.78 is 25.6. The molecule has 1 rings (SSSR count). The van der Waals surface area contributed by atoms with Gasteiger partial charge in [-0.2, -0.15) is 4.31 Å². The second-order valence-corrected chi connectivity index (χ2v) is 7.91. The van der Waals surface area contributed by atoms with Crippen molar-refractivity contribution >= 4 is 15.9 Å². The van der Waals surface area contributed by atoms with E-state index in [1.807, 2.05) is 0 Å². The van der Waals surface area contributed by atoms with Crippen LogP contribution in [0.1, 0.15) is 64.7 Å². The Balaban J connectivity index is 2.52. The molecule has 0 spiro atoms. The molecular weight excluding hydrogens is 288 g/mol. The first-order chi connectivity index (χ1) is 9.95. The van der Waals surface area contributed by atoms with Crippen LogP contribution in [0.5, 0.6) is 0 Å². The Morgan fingerprint density at radius 2 is 1.81 bits per heavy atom. The Morgan fingerprint density at radius 1 is 1.19 bits per heavy atom. The van der Waals surface area contributed by atoms with Crippen LogP contribution in [-0.4, -0.2) is 44.0 Å². The molecular formula is C15H30N2O3S. The quantitative estimate of drug-likeness (QED) is 0.551. The van der Waals surface area contributed by atoms with Crippen molar-refractivity contribution in [2.75, 3.05) is 19.3 Å². The number of amides is 1. The zero-order chi connectivity index (χ0) is 15.7. The summed E-state index contributed by atoms with van der Waals surface area (Å²) in [5.74, 6) is -0.0503. The third-order valence-electron chi connectivity index (χ3n) is 4.07. The molecule has 1 N–H and O–H groups in total. The highest BCUT2D eigenvalue weighted by molar-refractivity contribution is 7.88. The SMILES string of the molecule is CCCCNC(=O)CCN(C1CCCCCC1)S(C)(=O)=O. The molecule has 0 bridgehead atoms. The topological polar surface area (TPSA) is 66.5 Å². The molecule has 5 nitrogen and oxygen atoms in total. The Morgan fingerprint density at radius 3 is 2.33 bits per heavy atom. The maximum atomic E-state index is 12.0. The third kappa shape index (κ3) is 7.27. The van der Waals surface area contributed by atoms with E-state index in [0.717, 1.165) is 38.5 Å². The number of carbonyl (C=O) groups excluding carboxylic acids is 1.